The molecule has 0 aliphatic carbocycles. The van der Waals surface area contributed by atoms with Crippen molar-refractivity contribution in [3.63, 3.8) is 0 Å². The predicted octanol–water partition coefficient (Wildman–Crippen LogP) is 2.83. The fraction of sp³-hybridized carbons (Fsp3) is 0.462. The van der Waals surface area contributed by atoms with Crippen LogP contribution >= 0.6 is 11.8 Å². The lowest BCUT2D eigenvalue weighted by Gasteiger charge is -2.14. The molecule has 102 valence electrons. The number of hydrogen-bond donors (Lipinski definition) is 1. The number of aromatic nitrogens is 4. The van der Waals surface area contributed by atoms with E-state index in [4.69, 9.17) is 0 Å². The minimum atomic E-state index is 0.362. The van der Waals surface area contributed by atoms with Crippen molar-refractivity contribution < 1.29 is 0 Å². The molecule has 19 heavy (non-hydrogen) atoms. The monoisotopic (exact) mass is 277 g/mol. The van der Waals surface area contributed by atoms with Crippen LogP contribution < -0.4 is 5.32 Å². The van der Waals surface area contributed by atoms with E-state index >= 15 is 0 Å². The van der Waals surface area contributed by atoms with Gasteiger partial charge in [-0.1, -0.05) is 13.8 Å². The SMILES string of the molecule is CNc1ncnc(Sc2cc(C)nn2C)c1C(C)C. The van der Waals surface area contributed by atoms with Gasteiger partial charge < -0.3 is 5.32 Å². The molecule has 2 heterocycles. The summed E-state index contributed by atoms with van der Waals surface area (Å²) in [6.45, 7) is 6.29. The maximum atomic E-state index is 4.42. The fourth-order valence-electron chi connectivity index (χ4n) is 1.96. The van der Waals surface area contributed by atoms with Crippen LogP contribution in [-0.4, -0.2) is 26.8 Å². The number of anilines is 1. The number of nitrogens with one attached hydrogen (secondary N) is 1. The molecule has 0 aliphatic rings. The number of rotatable bonds is 4. The molecule has 5 nitrogen and oxygen atoms in total. The summed E-state index contributed by atoms with van der Waals surface area (Å²) < 4.78 is 1.88. The summed E-state index contributed by atoms with van der Waals surface area (Å²) in [5.41, 5.74) is 2.16. The quantitative estimate of drug-likeness (QED) is 0.871. The largest absolute Gasteiger partial charge is 0.373 e. The van der Waals surface area contributed by atoms with Gasteiger partial charge in [-0.25, -0.2) is 9.97 Å². The molecule has 0 unspecified atom stereocenters. The van der Waals surface area contributed by atoms with Gasteiger partial charge in [-0.15, -0.1) is 0 Å². The summed E-state index contributed by atoms with van der Waals surface area (Å²) in [6, 6.07) is 2.07. The van der Waals surface area contributed by atoms with Gasteiger partial charge in [-0.3, -0.25) is 4.68 Å². The van der Waals surface area contributed by atoms with Crippen molar-refractivity contribution >= 4 is 17.6 Å². The predicted molar refractivity (Wildman–Crippen MR) is 77.7 cm³/mol. The third-order valence-electron chi connectivity index (χ3n) is 2.82. The summed E-state index contributed by atoms with van der Waals surface area (Å²) in [7, 11) is 3.83. The van der Waals surface area contributed by atoms with E-state index in [-0.39, 0.29) is 0 Å². The summed E-state index contributed by atoms with van der Waals surface area (Å²) in [5, 5.41) is 9.56. The Labute approximate surface area is 117 Å². The van der Waals surface area contributed by atoms with Crippen LogP contribution in [0.15, 0.2) is 22.4 Å². The van der Waals surface area contributed by atoms with Crippen LogP contribution in [0.1, 0.15) is 31.0 Å². The zero-order valence-electron chi connectivity index (χ0n) is 11.9. The lowest BCUT2D eigenvalue weighted by atomic mass is 10.1. The van der Waals surface area contributed by atoms with Crippen LogP contribution in [0, 0.1) is 6.92 Å². The molecule has 0 saturated carbocycles. The Hall–Kier alpha value is -1.56. The molecule has 2 aromatic heterocycles. The Balaban J connectivity index is 2.42. The van der Waals surface area contributed by atoms with Gasteiger partial charge in [0, 0.05) is 19.7 Å². The molecule has 0 saturated heterocycles. The van der Waals surface area contributed by atoms with E-state index < -0.39 is 0 Å². The van der Waals surface area contributed by atoms with Crippen molar-refractivity contribution in [2.75, 3.05) is 12.4 Å². The van der Waals surface area contributed by atoms with Crippen LogP contribution in [0.3, 0.4) is 0 Å². The molecular weight excluding hydrogens is 258 g/mol. The Morgan fingerprint density at radius 1 is 1.32 bits per heavy atom. The zero-order chi connectivity index (χ0) is 14.0. The van der Waals surface area contributed by atoms with E-state index in [1.54, 1.807) is 18.1 Å². The first-order valence-corrected chi connectivity index (χ1v) is 7.05. The summed E-state index contributed by atoms with van der Waals surface area (Å²) in [4.78, 5) is 8.72. The van der Waals surface area contributed by atoms with Crippen molar-refractivity contribution in [2.24, 2.45) is 7.05 Å². The van der Waals surface area contributed by atoms with Crippen LogP contribution in [0.4, 0.5) is 5.82 Å². The third kappa shape index (κ3) is 2.89. The normalized spacial score (nSPS) is 11.1. The molecule has 2 rings (SSSR count). The minimum absolute atomic E-state index is 0.362. The summed E-state index contributed by atoms with van der Waals surface area (Å²) in [6.07, 6.45) is 1.60. The van der Waals surface area contributed by atoms with E-state index in [1.165, 1.54) is 0 Å². The maximum absolute atomic E-state index is 4.42. The lowest BCUT2D eigenvalue weighted by Crippen LogP contribution is -2.04. The molecular formula is C13H19N5S. The van der Waals surface area contributed by atoms with Gasteiger partial charge in [0.25, 0.3) is 0 Å². The van der Waals surface area contributed by atoms with Gasteiger partial charge in [0.15, 0.2) is 0 Å². The van der Waals surface area contributed by atoms with Gasteiger partial charge in [0.2, 0.25) is 0 Å². The second-order valence-corrected chi connectivity index (χ2v) is 5.70. The summed E-state index contributed by atoms with van der Waals surface area (Å²) in [5.74, 6) is 1.26. The van der Waals surface area contributed by atoms with Crippen molar-refractivity contribution in [1.29, 1.82) is 0 Å². The first-order valence-electron chi connectivity index (χ1n) is 6.24. The zero-order valence-corrected chi connectivity index (χ0v) is 12.7. The second-order valence-electron chi connectivity index (χ2n) is 4.70. The van der Waals surface area contributed by atoms with E-state index in [9.17, 15) is 0 Å². The van der Waals surface area contributed by atoms with Crippen LogP contribution in [-0.2, 0) is 7.05 Å². The molecule has 0 radical (unpaired) electrons. The highest BCUT2D eigenvalue weighted by Gasteiger charge is 2.16. The lowest BCUT2D eigenvalue weighted by molar-refractivity contribution is 0.691. The molecule has 0 atom stereocenters. The van der Waals surface area contributed by atoms with Crippen molar-refractivity contribution in [3.8, 4) is 0 Å². The Bertz CT molecular complexity index is 576. The molecule has 0 bridgehead atoms. The Kier molecular flexibility index (Phi) is 4.09. The maximum Gasteiger partial charge on any atom is 0.133 e. The van der Waals surface area contributed by atoms with Gasteiger partial charge in [0.1, 0.15) is 22.2 Å². The van der Waals surface area contributed by atoms with Crippen LogP contribution in [0.5, 0.6) is 0 Å². The topological polar surface area (TPSA) is 55.6 Å². The fourth-order valence-corrected chi connectivity index (χ4v) is 3.10. The molecule has 0 aliphatic heterocycles. The van der Waals surface area contributed by atoms with E-state index in [1.807, 2.05) is 25.7 Å². The van der Waals surface area contributed by atoms with Crippen molar-refractivity contribution in [2.45, 2.75) is 36.7 Å². The summed E-state index contributed by atoms with van der Waals surface area (Å²) >= 11 is 1.63. The van der Waals surface area contributed by atoms with Gasteiger partial charge in [-0.05, 0) is 30.7 Å². The molecule has 0 spiro atoms. The third-order valence-corrected chi connectivity index (χ3v) is 3.93. The molecule has 6 heteroatoms. The number of hydrogen-bond acceptors (Lipinski definition) is 5. The Morgan fingerprint density at radius 3 is 2.58 bits per heavy atom. The molecule has 1 N–H and O–H groups in total. The number of aryl methyl sites for hydroxylation is 2. The number of nitrogens with zero attached hydrogens (tertiary/aromatic N) is 4. The van der Waals surface area contributed by atoms with Gasteiger partial charge >= 0.3 is 0 Å². The van der Waals surface area contributed by atoms with E-state index in [0.29, 0.717) is 5.92 Å². The highest BCUT2D eigenvalue weighted by Crippen LogP contribution is 2.35. The van der Waals surface area contributed by atoms with E-state index in [0.717, 1.165) is 27.1 Å². The van der Waals surface area contributed by atoms with Crippen LogP contribution in [0.25, 0.3) is 0 Å². The molecule has 0 fully saturated rings. The average molecular weight is 277 g/mol. The average Bonchev–Trinajstić information content (AvgIpc) is 2.67. The first-order chi connectivity index (χ1) is 9.02. The molecule has 0 aromatic carbocycles. The highest BCUT2D eigenvalue weighted by atomic mass is 32.2. The van der Waals surface area contributed by atoms with E-state index in [2.05, 4.69) is 40.3 Å². The van der Waals surface area contributed by atoms with Gasteiger partial charge in [0.05, 0.1) is 5.69 Å². The first kappa shape index (κ1) is 13.9. The highest BCUT2D eigenvalue weighted by molar-refractivity contribution is 7.99. The smallest absolute Gasteiger partial charge is 0.133 e. The van der Waals surface area contributed by atoms with Crippen molar-refractivity contribution in [1.82, 2.24) is 19.7 Å². The van der Waals surface area contributed by atoms with Crippen LogP contribution in [0.2, 0.25) is 0 Å². The second kappa shape index (κ2) is 5.61. The standard InChI is InChI=1S/C13H19N5S/c1-8(2)11-12(14-4)15-7-16-13(11)19-10-6-9(3)17-18(10)5/h6-8H,1-5H3,(H,14,15,16). The molecule has 2 aromatic rings. The Morgan fingerprint density at radius 2 is 2.05 bits per heavy atom. The molecule has 0 amide bonds. The minimum Gasteiger partial charge on any atom is -0.373 e. The van der Waals surface area contributed by atoms with Crippen molar-refractivity contribution in [3.05, 3.63) is 23.7 Å². The van der Waals surface area contributed by atoms with Gasteiger partial charge in [-0.2, -0.15) is 5.10 Å².